The third kappa shape index (κ3) is 9.78. The number of carbonyl (C=O) groups is 2. The number of hydrogen-bond acceptors (Lipinski definition) is 4. The van der Waals surface area contributed by atoms with Crippen molar-refractivity contribution in [2.24, 2.45) is 5.92 Å². The first-order valence-electron chi connectivity index (χ1n) is 13.4. The molecule has 0 aromatic heterocycles. The van der Waals surface area contributed by atoms with Crippen LogP contribution in [-0.2, 0) is 32.6 Å². The van der Waals surface area contributed by atoms with Crippen molar-refractivity contribution in [3.8, 4) is 0 Å². The molecule has 0 aliphatic heterocycles. The van der Waals surface area contributed by atoms with Crippen molar-refractivity contribution in [3.63, 3.8) is 0 Å². The number of nitrogens with one attached hydrogen (secondary N) is 1. The summed E-state index contributed by atoms with van der Waals surface area (Å²) >= 11 is 3.50. The van der Waals surface area contributed by atoms with E-state index in [9.17, 15) is 18.0 Å². The number of amides is 2. The van der Waals surface area contributed by atoms with Crippen LogP contribution in [0.25, 0.3) is 0 Å². The number of rotatable bonds is 14. The summed E-state index contributed by atoms with van der Waals surface area (Å²) in [5, 5.41) is 3.02. The van der Waals surface area contributed by atoms with Crippen molar-refractivity contribution in [1.29, 1.82) is 0 Å². The molecule has 0 aliphatic carbocycles. The molecule has 1 atom stereocenters. The molecule has 1 N–H and O–H groups in total. The van der Waals surface area contributed by atoms with Crippen LogP contribution >= 0.6 is 15.9 Å². The molecule has 0 fully saturated rings. The Morgan fingerprint density at radius 1 is 0.900 bits per heavy atom. The van der Waals surface area contributed by atoms with Crippen LogP contribution in [0.2, 0.25) is 0 Å². The number of halogens is 1. The van der Waals surface area contributed by atoms with Gasteiger partial charge in [-0.3, -0.25) is 13.9 Å². The lowest BCUT2D eigenvalue weighted by Gasteiger charge is -2.32. The maximum absolute atomic E-state index is 13.8. The van der Waals surface area contributed by atoms with Crippen molar-refractivity contribution in [2.45, 2.75) is 45.7 Å². The standard InChI is InChI=1S/C31H38BrN3O4S/c1-24(2)22-33-31(37)29(21-25-12-6-4-7-13-25)34(23-26-14-10-15-27(32)20-26)30(36)18-11-19-35(40(3,38)39)28-16-8-5-9-17-28/h4-10,12-17,20,24,29H,11,18-19,21-23H2,1-3H3,(H,33,37)/t29-/m1/s1. The molecule has 0 saturated heterocycles. The Hall–Kier alpha value is -3.17. The van der Waals surface area contributed by atoms with Gasteiger partial charge in [0.2, 0.25) is 21.8 Å². The molecule has 0 unspecified atom stereocenters. The first-order valence-corrected chi connectivity index (χ1v) is 16.1. The van der Waals surface area contributed by atoms with Gasteiger partial charge in [-0.05, 0) is 47.7 Å². The third-order valence-electron chi connectivity index (χ3n) is 6.39. The van der Waals surface area contributed by atoms with Gasteiger partial charge in [-0.2, -0.15) is 0 Å². The fraction of sp³-hybridized carbons (Fsp3) is 0.355. The minimum Gasteiger partial charge on any atom is -0.354 e. The number of carbonyl (C=O) groups excluding carboxylic acids is 2. The van der Waals surface area contributed by atoms with Gasteiger partial charge >= 0.3 is 0 Å². The number of para-hydroxylation sites is 1. The van der Waals surface area contributed by atoms with Crippen LogP contribution in [0.1, 0.15) is 37.8 Å². The Labute approximate surface area is 246 Å². The van der Waals surface area contributed by atoms with Gasteiger partial charge in [0, 0.05) is 36.9 Å². The number of benzene rings is 3. The minimum atomic E-state index is -3.54. The zero-order valence-corrected chi connectivity index (χ0v) is 25.7. The maximum Gasteiger partial charge on any atom is 0.243 e. The molecular formula is C31H38BrN3O4S. The van der Waals surface area contributed by atoms with Crippen molar-refractivity contribution < 1.29 is 18.0 Å². The van der Waals surface area contributed by atoms with Gasteiger partial charge in [-0.1, -0.05) is 90.4 Å². The molecule has 3 aromatic rings. The lowest BCUT2D eigenvalue weighted by Crippen LogP contribution is -2.51. The summed E-state index contributed by atoms with van der Waals surface area (Å²) in [6.07, 6.45) is 1.93. The molecule has 3 aromatic carbocycles. The molecule has 0 bridgehead atoms. The summed E-state index contributed by atoms with van der Waals surface area (Å²) in [7, 11) is -3.54. The second-order valence-corrected chi connectivity index (χ2v) is 13.1. The molecule has 214 valence electrons. The van der Waals surface area contributed by atoms with E-state index in [1.54, 1.807) is 29.2 Å². The third-order valence-corrected chi connectivity index (χ3v) is 8.08. The summed E-state index contributed by atoms with van der Waals surface area (Å²) in [6.45, 7) is 4.96. The zero-order chi connectivity index (χ0) is 29.1. The molecule has 0 spiro atoms. The Kier molecular flexibility index (Phi) is 11.8. The van der Waals surface area contributed by atoms with Crippen LogP contribution in [0, 0.1) is 5.92 Å². The number of anilines is 1. The van der Waals surface area contributed by atoms with Gasteiger partial charge in [0.1, 0.15) is 6.04 Å². The molecular weight excluding hydrogens is 590 g/mol. The van der Waals surface area contributed by atoms with Gasteiger partial charge in [0.15, 0.2) is 0 Å². The van der Waals surface area contributed by atoms with E-state index in [0.29, 0.717) is 25.1 Å². The van der Waals surface area contributed by atoms with Gasteiger partial charge in [-0.15, -0.1) is 0 Å². The van der Waals surface area contributed by atoms with E-state index in [2.05, 4.69) is 21.2 Å². The molecule has 3 rings (SSSR count). The predicted octanol–water partition coefficient (Wildman–Crippen LogP) is 5.41. The van der Waals surface area contributed by atoms with Crippen LogP contribution in [0.3, 0.4) is 0 Å². The quantitative estimate of drug-likeness (QED) is 0.259. The maximum atomic E-state index is 13.8. The fourth-order valence-electron chi connectivity index (χ4n) is 4.41. The average molecular weight is 629 g/mol. The first kappa shape index (κ1) is 31.4. The molecule has 40 heavy (non-hydrogen) atoms. The molecule has 0 aliphatic rings. The molecule has 0 heterocycles. The molecule has 7 nitrogen and oxygen atoms in total. The lowest BCUT2D eigenvalue weighted by molar-refractivity contribution is -0.141. The van der Waals surface area contributed by atoms with Crippen molar-refractivity contribution in [2.75, 3.05) is 23.7 Å². The second kappa shape index (κ2) is 15.0. The largest absolute Gasteiger partial charge is 0.354 e. The van der Waals surface area contributed by atoms with Crippen LogP contribution in [0.4, 0.5) is 5.69 Å². The van der Waals surface area contributed by atoms with Crippen molar-refractivity contribution in [3.05, 3.63) is 101 Å². The highest BCUT2D eigenvalue weighted by molar-refractivity contribution is 9.10. The van der Waals surface area contributed by atoms with E-state index < -0.39 is 16.1 Å². The second-order valence-electron chi connectivity index (χ2n) is 10.3. The monoisotopic (exact) mass is 627 g/mol. The Bertz CT molecular complexity index is 1350. The highest BCUT2D eigenvalue weighted by atomic mass is 79.9. The minimum absolute atomic E-state index is 0.0929. The fourth-order valence-corrected chi connectivity index (χ4v) is 5.82. The zero-order valence-electron chi connectivity index (χ0n) is 23.3. The lowest BCUT2D eigenvalue weighted by atomic mass is 10.0. The summed E-state index contributed by atoms with van der Waals surface area (Å²) in [6, 6.07) is 25.5. The summed E-state index contributed by atoms with van der Waals surface area (Å²) in [5.41, 5.74) is 2.39. The number of hydrogen-bond donors (Lipinski definition) is 1. The molecule has 0 saturated carbocycles. The highest BCUT2D eigenvalue weighted by Crippen LogP contribution is 2.21. The molecule has 9 heteroatoms. The van der Waals surface area contributed by atoms with Crippen LogP contribution in [-0.4, -0.2) is 50.5 Å². The number of nitrogens with zero attached hydrogens (tertiary/aromatic N) is 2. The van der Waals surface area contributed by atoms with Crippen LogP contribution in [0.5, 0.6) is 0 Å². The Morgan fingerprint density at radius 3 is 2.12 bits per heavy atom. The van der Waals surface area contributed by atoms with E-state index >= 15 is 0 Å². The highest BCUT2D eigenvalue weighted by Gasteiger charge is 2.30. The summed E-state index contributed by atoms with van der Waals surface area (Å²) < 4.78 is 27.2. The molecule has 0 radical (unpaired) electrons. The van der Waals surface area contributed by atoms with Crippen molar-refractivity contribution in [1.82, 2.24) is 10.2 Å². The topological polar surface area (TPSA) is 86.8 Å². The van der Waals surface area contributed by atoms with E-state index in [1.165, 1.54) is 4.31 Å². The normalized spacial score (nSPS) is 12.1. The SMILES string of the molecule is CC(C)CNC(=O)[C@@H](Cc1ccccc1)N(Cc1cccc(Br)c1)C(=O)CCCN(c1ccccc1)S(C)(=O)=O. The smallest absolute Gasteiger partial charge is 0.243 e. The predicted molar refractivity (Wildman–Crippen MR) is 164 cm³/mol. The average Bonchev–Trinajstić information content (AvgIpc) is 2.92. The molecule has 2 amide bonds. The number of sulfonamides is 1. The van der Waals surface area contributed by atoms with Gasteiger partial charge in [-0.25, -0.2) is 8.42 Å². The van der Waals surface area contributed by atoms with Crippen LogP contribution in [0.15, 0.2) is 89.4 Å². The van der Waals surface area contributed by atoms with Gasteiger partial charge in [0.25, 0.3) is 0 Å². The first-order chi connectivity index (χ1) is 19.0. The van der Waals surface area contributed by atoms with Crippen LogP contribution < -0.4 is 9.62 Å². The summed E-state index contributed by atoms with van der Waals surface area (Å²) in [4.78, 5) is 29.0. The summed E-state index contributed by atoms with van der Waals surface area (Å²) in [5.74, 6) is -0.152. The van der Waals surface area contributed by atoms with Gasteiger partial charge < -0.3 is 10.2 Å². The van der Waals surface area contributed by atoms with Gasteiger partial charge in [0.05, 0.1) is 11.9 Å². The Morgan fingerprint density at radius 2 is 1.52 bits per heavy atom. The van der Waals surface area contributed by atoms with E-state index in [0.717, 1.165) is 21.9 Å². The Balaban J connectivity index is 1.87. The van der Waals surface area contributed by atoms with Crippen molar-refractivity contribution >= 4 is 43.5 Å². The van der Waals surface area contributed by atoms with E-state index in [-0.39, 0.29) is 37.2 Å². The van der Waals surface area contributed by atoms with E-state index in [4.69, 9.17) is 0 Å². The van der Waals surface area contributed by atoms with E-state index in [1.807, 2.05) is 74.5 Å².